The van der Waals surface area contributed by atoms with Gasteiger partial charge < -0.3 is 4.90 Å². The Morgan fingerprint density at radius 3 is 2.26 bits per heavy atom. The van der Waals surface area contributed by atoms with E-state index < -0.39 is 0 Å². The maximum atomic E-state index is 3.33. The van der Waals surface area contributed by atoms with Gasteiger partial charge in [-0.15, -0.1) is 0 Å². The Hall–Kier alpha value is -1.02. The number of likely N-dealkylation sites (tertiary alicyclic amines) is 1. The molecule has 0 aromatic heterocycles. The van der Waals surface area contributed by atoms with E-state index in [1.54, 1.807) is 25.7 Å². The van der Waals surface area contributed by atoms with Gasteiger partial charge in [-0.25, -0.2) is 0 Å². The van der Waals surface area contributed by atoms with Crippen LogP contribution in [0.3, 0.4) is 0 Å². The molecule has 0 spiro atoms. The fourth-order valence-corrected chi connectivity index (χ4v) is 14.5. The van der Waals surface area contributed by atoms with Crippen LogP contribution in [0.1, 0.15) is 161 Å². The highest BCUT2D eigenvalue weighted by Gasteiger charge is 2.57. The highest BCUT2D eigenvalue weighted by atomic mass is 15.3. The van der Waals surface area contributed by atoms with Gasteiger partial charge in [0, 0.05) is 41.8 Å². The maximum absolute atomic E-state index is 3.33. The molecular weight excluding hydrogens is 556 g/mol. The molecule has 9 rings (SSSR count). The van der Waals surface area contributed by atoms with Gasteiger partial charge in [0.25, 0.3) is 0 Å². The van der Waals surface area contributed by atoms with E-state index in [4.69, 9.17) is 0 Å². The molecule has 2 heteroatoms. The van der Waals surface area contributed by atoms with Gasteiger partial charge in [-0.05, 0) is 176 Å². The molecule has 10 atom stereocenters. The molecular formula is C44H68N2. The van der Waals surface area contributed by atoms with Gasteiger partial charge in [0.15, 0.2) is 0 Å². The van der Waals surface area contributed by atoms with Gasteiger partial charge in [-0.3, -0.25) is 4.90 Å². The number of nitrogens with zero attached hydrogens (tertiary/aromatic N) is 2. The summed E-state index contributed by atoms with van der Waals surface area (Å²) in [5.41, 5.74) is 1.88. The fraction of sp³-hybridized carbons (Fsp3) is 0.864. The van der Waals surface area contributed by atoms with Crippen LogP contribution in [0.15, 0.2) is 36.1 Å². The first kappa shape index (κ1) is 31.0. The standard InChI is InChI=1S/C44H68N2/c1-3-14-35(15-4-1)45(37-26-24-32(25-27-37)34-23-22-31-12-7-8-13-33(31)30-34)42-21-11-19-40-39(42)28-29-41-38-18-9-10-20-43(38)46(44(40)41)36-16-5-2-6-17-36/h1,3,7,12,20,31-42,44H,2,4-6,8-11,13-19,21-30H2/t31?,32?,33?,34?,35?,37?,38-,39+,40+,41+,42-,44+/m0/s1. The van der Waals surface area contributed by atoms with E-state index in [9.17, 15) is 0 Å². The van der Waals surface area contributed by atoms with E-state index in [1.165, 1.54) is 135 Å². The predicted octanol–water partition coefficient (Wildman–Crippen LogP) is 11.2. The van der Waals surface area contributed by atoms with Gasteiger partial charge >= 0.3 is 0 Å². The molecule has 1 saturated heterocycles. The van der Waals surface area contributed by atoms with Crippen LogP contribution in [0.25, 0.3) is 0 Å². The Morgan fingerprint density at radius 1 is 0.543 bits per heavy atom. The smallest absolute Gasteiger partial charge is 0.0356 e. The lowest BCUT2D eigenvalue weighted by Crippen LogP contribution is -2.60. The molecule has 0 N–H and O–H groups in total. The molecule has 6 fully saturated rings. The minimum absolute atomic E-state index is 0.820. The van der Waals surface area contributed by atoms with Crippen LogP contribution in [-0.4, -0.2) is 40.0 Å². The zero-order valence-electron chi connectivity index (χ0n) is 29.5. The van der Waals surface area contributed by atoms with Gasteiger partial charge in [0.1, 0.15) is 0 Å². The topological polar surface area (TPSA) is 6.48 Å². The van der Waals surface area contributed by atoms with Gasteiger partial charge in [0.2, 0.25) is 0 Å². The molecule has 5 saturated carbocycles. The van der Waals surface area contributed by atoms with E-state index in [1.807, 2.05) is 5.70 Å². The zero-order chi connectivity index (χ0) is 30.5. The average Bonchev–Trinajstić information content (AvgIpc) is 3.48. The Bertz CT molecular complexity index is 1120. The van der Waals surface area contributed by atoms with Crippen LogP contribution < -0.4 is 0 Å². The Kier molecular flexibility index (Phi) is 9.24. The van der Waals surface area contributed by atoms with E-state index in [0.717, 1.165) is 77.6 Å². The van der Waals surface area contributed by atoms with Crippen molar-refractivity contribution in [3.63, 3.8) is 0 Å². The van der Waals surface area contributed by atoms with Gasteiger partial charge in [0.05, 0.1) is 0 Å². The summed E-state index contributed by atoms with van der Waals surface area (Å²) in [4.78, 5) is 6.54. The number of rotatable bonds is 5. The number of fused-ring (bicyclic) bond motifs is 6. The maximum Gasteiger partial charge on any atom is 0.0356 e. The Morgan fingerprint density at radius 2 is 1.39 bits per heavy atom. The second kappa shape index (κ2) is 13.7. The van der Waals surface area contributed by atoms with E-state index in [0.29, 0.717) is 0 Å². The average molecular weight is 625 g/mol. The lowest BCUT2D eigenvalue weighted by Gasteiger charge is -2.56. The molecule has 0 aromatic rings. The third-order valence-electron chi connectivity index (χ3n) is 16.4. The van der Waals surface area contributed by atoms with Crippen molar-refractivity contribution in [3.05, 3.63) is 36.1 Å². The van der Waals surface area contributed by atoms with Crippen molar-refractivity contribution in [3.8, 4) is 0 Å². The van der Waals surface area contributed by atoms with Crippen molar-refractivity contribution >= 4 is 0 Å². The fourth-order valence-electron chi connectivity index (χ4n) is 14.5. The summed E-state index contributed by atoms with van der Waals surface area (Å²) < 4.78 is 0. The third-order valence-corrected chi connectivity index (χ3v) is 16.4. The number of hydrogen-bond acceptors (Lipinski definition) is 2. The van der Waals surface area contributed by atoms with E-state index in [2.05, 4.69) is 40.2 Å². The molecule has 2 nitrogen and oxygen atoms in total. The van der Waals surface area contributed by atoms with Crippen molar-refractivity contribution in [2.24, 2.45) is 47.3 Å². The first-order valence-electron chi connectivity index (χ1n) is 21.4. The molecule has 0 amide bonds. The van der Waals surface area contributed by atoms with Crippen LogP contribution in [0.4, 0.5) is 0 Å². The summed E-state index contributed by atoms with van der Waals surface area (Å²) >= 11 is 0. The number of allylic oxidation sites excluding steroid dienone is 5. The van der Waals surface area contributed by atoms with Crippen LogP contribution >= 0.6 is 0 Å². The minimum atomic E-state index is 0.820. The van der Waals surface area contributed by atoms with E-state index in [-0.39, 0.29) is 0 Å². The first-order valence-corrected chi connectivity index (χ1v) is 21.4. The molecule has 4 unspecified atom stereocenters. The third kappa shape index (κ3) is 5.73. The Balaban J connectivity index is 0.946. The summed E-state index contributed by atoms with van der Waals surface area (Å²) in [6.07, 6.45) is 50.0. The van der Waals surface area contributed by atoms with Crippen molar-refractivity contribution in [1.82, 2.24) is 9.80 Å². The summed E-state index contributed by atoms with van der Waals surface area (Å²) in [5, 5.41) is 0. The highest BCUT2D eigenvalue weighted by molar-refractivity contribution is 5.23. The Labute approximate surface area is 283 Å². The zero-order valence-corrected chi connectivity index (χ0v) is 29.5. The lowest BCUT2D eigenvalue weighted by atomic mass is 9.60. The van der Waals surface area contributed by atoms with Crippen molar-refractivity contribution in [2.75, 3.05) is 0 Å². The van der Waals surface area contributed by atoms with E-state index >= 15 is 0 Å². The normalized spacial score (nSPS) is 46.3. The number of hydrogen-bond donors (Lipinski definition) is 0. The molecule has 1 aliphatic heterocycles. The summed E-state index contributed by atoms with van der Waals surface area (Å²) in [5.74, 6) is 7.83. The summed E-state index contributed by atoms with van der Waals surface area (Å²) in [6.45, 7) is 0. The quantitative estimate of drug-likeness (QED) is 0.281. The molecule has 8 aliphatic carbocycles. The van der Waals surface area contributed by atoms with Crippen LogP contribution in [0.5, 0.6) is 0 Å². The van der Waals surface area contributed by atoms with Gasteiger partial charge in [-0.1, -0.05) is 56.1 Å². The molecule has 0 bridgehead atoms. The molecule has 0 aromatic carbocycles. The van der Waals surface area contributed by atoms with Crippen molar-refractivity contribution < 1.29 is 0 Å². The van der Waals surface area contributed by atoms with Crippen LogP contribution in [0.2, 0.25) is 0 Å². The van der Waals surface area contributed by atoms with Crippen LogP contribution in [-0.2, 0) is 0 Å². The predicted molar refractivity (Wildman–Crippen MR) is 192 cm³/mol. The molecule has 46 heavy (non-hydrogen) atoms. The first-order chi connectivity index (χ1) is 22.8. The van der Waals surface area contributed by atoms with Crippen molar-refractivity contribution in [2.45, 2.75) is 191 Å². The summed E-state index contributed by atoms with van der Waals surface area (Å²) in [6, 6.07) is 4.30. The minimum Gasteiger partial charge on any atom is -0.368 e. The lowest BCUT2D eigenvalue weighted by molar-refractivity contribution is -0.0634. The monoisotopic (exact) mass is 625 g/mol. The van der Waals surface area contributed by atoms with Crippen LogP contribution in [0, 0.1) is 47.3 Å². The molecule has 0 radical (unpaired) electrons. The molecule has 254 valence electrons. The SMILES string of the molecule is C1=CC2CCC(C3CCC(N(C4CC=CCC4)[C@H]4CCC[C@@H]5[C@H]4CC[C@H]4[C@@H]5N(C5CCCCC5)C5=CCCC[C@H]54)CC3)CC2CC1. The highest BCUT2D eigenvalue weighted by Crippen LogP contribution is 2.58. The second-order valence-corrected chi connectivity index (χ2v) is 18.4. The largest absolute Gasteiger partial charge is 0.368 e. The molecule has 9 aliphatic rings. The summed E-state index contributed by atoms with van der Waals surface area (Å²) in [7, 11) is 0. The van der Waals surface area contributed by atoms with Gasteiger partial charge in [-0.2, -0.15) is 0 Å². The van der Waals surface area contributed by atoms with Crippen molar-refractivity contribution in [1.29, 1.82) is 0 Å². The molecule has 1 heterocycles. The second-order valence-electron chi connectivity index (χ2n) is 18.4.